The predicted molar refractivity (Wildman–Crippen MR) is 90.0 cm³/mol. The van der Waals surface area contributed by atoms with Gasteiger partial charge in [0.05, 0.1) is 15.9 Å². The molecule has 2 aromatic heterocycles. The number of carbonyl (C=O) groups is 1. The molecule has 0 saturated carbocycles. The normalized spacial score (nSPS) is 12.6. The lowest BCUT2D eigenvalue weighted by Crippen LogP contribution is -2.09. The number of thiophene rings is 1. The van der Waals surface area contributed by atoms with Gasteiger partial charge in [0, 0.05) is 22.8 Å². The first-order chi connectivity index (χ1) is 10.5. The number of nitrogens with zero attached hydrogens (tertiary/aromatic N) is 2. The van der Waals surface area contributed by atoms with Crippen LogP contribution in [0.25, 0.3) is 16.0 Å². The van der Waals surface area contributed by atoms with Crippen molar-refractivity contribution in [2.75, 3.05) is 6.26 Å². The Balaban J connectivity index is 2.12. The van der Waals surface area contributed by atoms with Crippen LogP contribution in [0.5, 0.6) is 0 Å². The van der Waals surface area contributed by atoms with Crippen molar-refractivity contribution < 1.29 is 9.00 Å². The van der Waals surface area contributed by atoms with Gasteiger partial charge in [0.2, 0.25) is 0 Å². The van der Waals surface area contributed by atoms with Crippen LogP contribution in [0.1, 0.15) is 20.8 Å². The second-order valence-corrected chi connectivity index (χ2v) is 7.58. The second-order valence-electron chi connectivity index (χ2n) is 5.12. The summed E-state index contributed by atoms with van der Waals surface area (Å²) in [6, 6.07) is 7.78. The minimum Gasteiger partial charge on any atom is -0.365 e. The minimum absolute atomic E-state index is 0.416. The Bertz CT molecular complexity index is 895. The number of aromatic nitrogens is 2. The lowest BCUT2D eigenvalue weighted by Gasteiger charge is -2.02. The van der Waals surface area contributed by atoms with Gasteiger partial charge in [0.25, 0.3) is 5.91 Å². The van der Waals surface area contributed by atoms with Gasteiger partial charge in [-0.3, -0.25) is 13.6 Å². The Morgan fingerprint density at radius 1 is 1.41 bits per heavy atom. The number of benzene rings is 1. The number of hydrogen-bond acceptors (Lipinski definition) is 4. The van der Waals surface area contributed by atoms with E-state index < -0.39 is 16.7 Å². The molecule has 22 heavy (non-hydrogen) atoms. The van der Waals surface area contributed by atoms with Gasteiger partial charge >= 0.3 is 0 Å². The number of fused-ring (bicyclic) bond motifs is 1. The first-order valence-electron chi connectivity index (χ1n) is 6.62. The van der Waals surface area contributed by atoms with Crippen LogP contribution in [0.4, 0.5) is 0 Å². The van der Waals surface area contributed by atoms with E-state index in [1.807, 2.05) is 35.8 Å². The zero-order valence-electron chi connectivity index (χ0n) is 12.2. The van der Waals surface area contributed by atoms with E-state index in [9.17, 15) is 9.00 Å². The van der Waals surface area contributed by atoms with Gasteiger partial charge in [-0.2, -0.15) is 0 Å². The number of rotatable bonds is 4. The molecule has 7 heteroatoms. The lowest BCUT2D eigenvalue weighted by molar-refractivity contribution is 0.100. The molecule has 2 heterocycles. The highest BCUT2D eigenvalue weighted by Gasteiger charge is 2.14. The average molecular weight is 333 g/mol. The zero-order chi connectivity index (χ0) is 15.9. The van der Waals surface area contributed by atoms with E-state index in [-0.39, 0.29) is 0 Å². The molecule has 0 fully saturated rings. The smallest absolute Gasteiger partial charge is 0.259 e. The molecular weight excluding hydrogens is 318 g/mol. The molecule has 114 valence electrons. The average Bonchev–Trinajstić information content (AvgIpc) is 3.01. The fraction of sp³-hybridized carbons (Fsp3) is 0.200. The molecule has 3 aromatic rings. The first-order valence-corrected chi connectivity index (χ1v) is 9.16. The highest BCUT2D eigenvalue weighted by Crippen LogP contribution is 2.28. The molecule has 0 aliphatic rings. The summed E-state index contributed by atoms with van der Waals surface area (Å²) in [7, 11) is -0.892. The SMILES string of the molecule is Cc1cc(-n2cnc3ccc(CS(C)=O)cc32)sc1C(N)=O. The van der Waals surface area contributed by atoms with Crippen molar-refractivity contribution in [3.05, 3.63) is 46.6 Å². The van der Waals surface area contributed by atoms with E-state index >= 15 is 0 Å². The van der Waals surface area contributed by atoms with Crippen LogP contribution in [0.15, 0.2) is 30.6 Å². The molecule has 0 aliphatic heterocycles. The fourth-order valence-corrected chi connectivity index (χ4v) is 4.04. The van der Waals surface area contributed by atoms with E-state index in [1.165, 1.54) is 11.3 Å². The van der Waals surface area contributed by atoms with Crippen molar-refractivity contribution in [2.45, 2.75) is 12.7 Å². The highest BCUT2D eigenvalue weighted by molar-refractivity contribution is 7.83. The molecule has 1 aromatic carbocycles. The van der Waals surface area contributed by atoms with Crippen molar-refractivity contribution in [1.82, 2.24) is 9.55 Å². The van der Waals surface area contributed by atoms with Gasteiger partial charge in [0.15, 0.2) is 0 Å². The zero-order valence-corrected chi connectivity index (χ0v) is 13.8. The van der Waals surface area contributed by atoms with Gasteiger partial charge in [-0.15, -0.1) is 11.3 Å². The molecule has 0 bridgehead atoms. The van der Waals surface area contributed by atoms with E-state index in [0.717, 1.165) is 27.2 Å². The molecule has 1 unspecified atom stereocenters. The maximum absolute atomic E-state index is 11.4. The summed E-state index contributed by atoms with van der Waals surface area (Å²) in [4.78, 5) is 16.4. The molecule has 5 nitrogen and oxygen atoms in total. The summed E-state index contributed by atoms with van der Waals surface area (Å²) in [5.41, 5.74) is 9.03. The quantitative estimate of drug-likeness (QED) is 0.796. The van der Waals surface area contributed by atoms with Crippen LogP contribution < -0.4 is 5.73 Å². The summed E-state index contributed by atoms with van der Waals surface area (Å²) in [5, 5.41) is 0.892. The van der Waals surface area contributed by atoms with E-state index in [4.69, 9.17) is 5.73 Å². The minimum atomic E-state index is -0.892. The Morgan fingerprint density at radius 3 is 2.82 bits per heavy atom. The summed E-state index contributed by atoms with van der Waals surface area (Å²) >= 11 is 1.35. The third-order valence-electron chi connectivity index (χ3n) is 3.35. The topological polar surface area (TPSA) is 78.0 Å². The molecular formula is C15H15N3O2S2. The van der Waals surface area contributed by atoms with Crippen LogP contribution in [0.3, 0.4) is 0 Å². The van der Waals surface area contributed by atoms with Crippen molar-refractivity contribution >= 4 is 39.1 Å². The van der Waals surface area contributed by atoms with Gasteiger partial charge < -0.3 is 5.73 Å². The molecule has 0 aliphatic carbocycles. The molecule has 1 amide bonds. The van der Waals surface area contributed by atoms with Crippen LogP contribution >= 0.6 is 11.3 Å². The molecule has 3 rings (SSSR count). The fourth-order valence-electron chi connectivity index (χ4n) is 2.38. The van der Waals surface area contributed by atoms with E-state index in [1.54, 1.807) is 12.6 Å². The lowest BCUT2D eigenvalue weighted by atomic mass is 10.2. The van der Waals surface area contributed by atoms with Crippen molar-refractivity contribution in [2.24, 2.45) is 5.73 Å². The van der Waals surface area contributed by atoms with E-state index in [2.05, 4.69) is 4.98 Å². The number of hydrogen-bond donors (Lipinski definition) is 1. The van der Waals surface area contributed by atoms with Gasteiger partial charge in [-0.25, -0.2) is 4.98 Å². The monoisotopic (exact) mass is 333 g/mol. The third kappa shape index (κ3) is 2.69. The number of aryl methyl sites for hydroxylation is 1. The molecule has 0 saturated heterocycles. The van der Waals surface area contributed by atoms with Gasteiger partial charge in [-0.1, -0.05) is 6.07 Å². The van der Waals surface area contributed by atoms with Crippen LogP contribution in [0, 0.1) is 6.92 Å². The number of primary amides is 1. The Hall–Kier alpha value is -1.99. The second kappa shape index (κ2) is 5.66. The van der Waals surface area contributed by atoms with Gasteiger partial charge in [-0.05, 0) is 36.2 Å². The number of imidazole rings is 1. The van der Waals surface area contributed by atoms with E-state index in [0.29, 0.717) is 10.6 Å². The summed E-state index contributed by atoms with van der Waals surface area (Å²) in [5.74, 6) is 0.0946. The maximum atomic E-state index is 11.4. The highest BCUT2D eigenvalue weighted by atomic mass is 32.2. The van der Waals surface area contributed by atoms with Gasteiger partial charge in [0.1, 0.15) is 11.3 Å². The van der Waals surface area contributed by atoms with Crippen molar-refractivity contribution in [3.63, 3.8) is 0 Å². The number of amides is 1. The Labute approximate surface area is 134 Å². The van der Waals surface area contributed by atoms with Crippen molar-refractivity contribution in [3.8, 4) is 5.00 Å². The molecule has 1 atom stereocenters. The number of carbonyl (C=O) groups excluding carboxylic acids is 1. The Kier molecular flexibility index (Phi) is 3.84. The van der Waals surface area contributed by atoms with Crippen LogP contribution in [0.2, 0.25) is 0 Å². The van der Waals surface area contributed by atoms with Crippen molar-refractivity contribution in [1.29, 1.82) is 0 Å². The number of nitrogens with two attached hydrogens (primary N) is 1. The summed E-state index contributed by atoms with van der Waals surface area (Å²) in [6.07, 6.45) is 3.41. The summed E-state index contributed by atoms with van der Waals surface area (Å²) in [6.45, 7) is 1.87. The summed E-state index contributed by atoms with van der Waals surface area (Å²) < 4.78 is 13.3. The standard InChI is InChI=1S/C15H15N3O2S2/c1-9-5-13(21-14(9)15(16)19)18-8-17-11-4-3-10(6-12(11)18)7-22(2)20/h3-6,8H,7H2,1-2H3,(H2,16,19). The molecule has 2 N–H and O–H groups in total. The largest absolute Gasteiger partial charge is 0.365 e. The third-order valence-corrected chi connectivity index (χ3v) is 5.34. The molecule has 0 radical (unpaired) electrons. The predicted octanol–water partition coefficient (Wildman–Crippen LogP) is 2.37. The Morgan fingerprint density at radius 2 is 2.18 bits per heavy atom. The first kappa shape index (κ1) is 14.9. The maximum Gasteiger partial charge on any atom is 0.259 e. The molecule has 0 spiro atoms. The van der Waals surface area contributed by atoms with Crippen LogP contribution in [-0.2, 0) is 16.6 Å². The van der Waals surface area contributed by atoms with Crippen LogP contribution in [-0.4, -0.2) is 25.9 Å².